The fourth-order valence-electron chi connectivity index (χ4n) is 2.45. The van der Waals surface area contributed by atoms with Crippen molar-refractivity contribution in [1.29, 1.82) is 0 Å². The van der Waals surface area contributed by atoms with Crippen molar-refractivity contribution in [2.45, 2.75) is 25.9 Å². The maximum atomic E-state index is 12.2. The molecule has 0 aliphatic carbocycles. The van der Waals surface area contributed by atoms with E-state index in [0.717, 1.165) is 23.8 Å². The lowest BCUT2D eigenvalue weighted by atomic mass is 10.0. The summed E-state index contributed by atoms with van der Waals surface area (Å²) in [6.45, 7) is 1.24. The fraction of sp³-hybridized carbons (Fsp3) is 0.222. The summed E-state index contributed by atoms with van der Waals surface area (Å²) in [6.07, 6.45) is -0.0211. The molecule has 0 aliphatic heterocycles. The van der Waals surface area contributed by atoms with Crippen LogP contribution >= 0.6 is 0 Å². The molecule has 0 heterocycles. The molecule has 2 aromatic carbocycles. The predicted octanol–water partition coefficient (Wildman–Crippen LogP) is 1.55. The molecule has 1 atom stereocenters. The molecular formula is C18H18N3O5-. The summed E-state index contributed by atoms with van der Waals surface area (Å²) in [4.78, 5) is 33.8. The van der Waals surface area contributed by atoms with Gasteiger partial charge in [-0.1, -0.05) is 36.4 Å². The third-order valence-corrected chi connectivity index (χ3v) is 3.70. The molecule has 0 bridgehead atoms. The Balaban J connectivity index is 2.03. The van der Waals surface area contributed by atoms with Gasteiger partial charge in [-0.3, -0.25) is 19.7 Å². The zero-order chi connectivity index (χ0) is 19.1. The SMILES string of the molecule is CC(=O)N[C@@H](CC(=O)NCc1cc([N+](=O)[O-])ccc1[O-])c1ccccc1. The Bertz CT molecular complexity index is 808. The lowest BCUT2D eigenvalue weighted by molar-refractivity contribution is -0.385. The molecule has 136 valence electrons. The summed E-state index contributed by atoms with van der Waals surface area (Å²) in [5.74, 6) is -1.05. The number of non-ortho nitro benzene ring substituents is 1. The topological polar surface area (TPSA) is 124 Å². The molecule has 26 heavy (non-hydrogen) atoms. The summed E-state index contributed by atoms with van der Waals surface area (Å²) >= 11 is 0. The highest BCUT2D eigenvalue weighted by atomic mass is 16.6. The van der Waals surface area contributed by atoms with Gasteiger partial charge in [-0.15, -0.1) is 5.75 Å². The Morgan fingerprint density at radius 2 is 1.85 bits per heavy atom. The maximum absolute atomic E-state index is 12.2. The lowest BCUT2D eigenvalue weighted by Gasteiger charge is -2.19. The Kier molecular flexibility index (Phi) is 6.26. The van der Waals surface area contributed by atoms with E-state index in [1.54, 1.807) is 24.3 Å². The van der Waals surface area contributed by atoms with Gasteiger partial charge in [-0.25, -0.2) is 0 Å². The number of nitro groups is 1. The van der Waals surface area contributed by atoms with Gasteiger partial charge in [0.05, 0.1) is 17.4 Å². The molecule has 0 saturated heterocycles. The Morgan fingerprint density at radius 1 is 1.15 bits per heavy atom. The first-order valence-corrected chi connectivity index (χ1v) is 7.90. The minimum atomic E-state index is -0.604. The second-order valence-corrected chi connectivity index (χ2v) is 5.69. The van der Waals surface area contributed by atoms with E-state index < -0.39 is 22.6 Å². The molecule has 0 spiro atoms. The number of amides is 2. The van der Waals surface area contributed by atoms with Crippen molar-refractivity contribution in [3.8, 4) is 5.75 Å². The van der Waals surface area contributed by atoms with Crippen molar-refractivity contribution in [3.63, 3.8) is 0 Å². The van der Waals surface area contributed by atoms with Crippen molar-refractivity contribution in [2.75, 3.05) is 0 Å². The van der Waals surface area contributed by atoms with Crippen LogP contribution in [0.5, 0.6) is 5.75 Å². The molecule has 8 nitrogen and oxygen atoms in total. The van der Waals surface area contributed by atoms with Gasteiger partial charge in [0.1, 0.15) is 0 Å². The molecule has 2 amide bonds. The van der Waals surface area contributed by atoms with E-state index in [9.17, 15) is 24.8 Å². The van der Waals surface area contributed by atoms with E-state index in [1.165, 1.54) is 6.92 Å². The molecule has 8 heteroatoms. The van der Waals surface area contributed by atoms with Gasteiger partial charge in [-0.05, 0) is 11.1 Å². The molecule has 0 saturated carbocycles. The number of hydrogen-bond donors (Lipinski definition) is 2. The zero-order valence-electron chi connectivity index (χ0n) is 14.1. The predicted molar refractivity (Wildman–Crippen MR) is 92.0 cm³/mol. The minimum Gasteiger partial charge on any atom is -0.872 e. The smallest absolute Gasteiger partial charge is 0.269 e. The van der Waals surface area contributed by atoms with E-state index in [-0.39, 0.29) is 30.1 Å². The van der Waals surface area contributed by atoms with Crippen LogP contribution in [0.2, 0.25) is 0 Å². The quantitative estimate of drug-likeness (QED) is 0.575. The van der Waals surface area contributed by atoms with Crippen LogP contribution in [0, 0.1) is 10.1 Å². The van der Waals surface area contributed by atoms with Crippen molar-refractivity contribution >= 4 is 17.5 Å². The molecular weight excluding hydrogens is 338 g/mol. The van der Waals surface area contributed by atoms with Crippen LogP contribution in [0.15, 0.2) is 48.5 Å². The zero-order valence-corrected chi connectivity index (χ0v) is 14.1. The minimum absolute atomic E-state index is 0.0211. The van der Waals surface area contributed by atoms with Gasteiger partial charge >= 0.3 is 0 Å². The molecule has 0 radical (unpaired) electrons. The van der Waals surface area contributed by atoms with Crippen molar-refractivity contribution < 1.29 is 19.6 Å². The van der Waals surface area contributed by atoms with Gasteiger partial charge in [-0.2, -0.15) is 0 Å². The Labute approximate surface area is 150 Å². The average Bonchev–Trinajstić information content (AvgIpc) is 2.60. The first-order chi connectivity index (χ1) is 12.4. The lowest BCUT2D eigenvalue weighted by Crippen LogP contribution is -2.32. The number of hydrogen-bond acceptors (Lipinski definition) is 5. The van der Waals surface area contributed by atoms with Gasteiger partial charge < -0.3 is 15.7 Å². The maximum Gasteiger partial charge on any atom is 0.269 e. The number of carbonyl (C=O) groups is 2. The van der Waals surface area contributed by atoms with Crippen LogP contribution < -0.4 is 15.7 Å². The van der Waals surface area contributed by atoms with Gasteiger partial charge in [0, 0.05) is 25.6 Å². The second kappa shape index (κ2) is 8.61. The monoisotopic (exact) mass is 356 g/mol. The van der Waals surface area contributed by atoms with Crippen LogP contribution in [0.25, 0.3) is 0 Å². The number of benzene rings is 2. The van der Waals surface area contributed by atoms with Crippen LogP contribution in [0.4, 0.5) is 5.69 Å². The fourth-order valence-corrected chi connectivity index (χ4v) is 2.45. The number of rotatable bonds is 7. The third-order valence-electron chi connectivity index (χ3n) is 3.70. The Morgan fingerprint density at radius 3 is 2.46 bits per heavy atom. The molecule has 0 aromatic heterocycles. The second-order valence-electron chi connectivity index (χ2n) is 5.69. The largest absolute Gasteiger partial charge is 0.872 e. The van der Waals surface area contributed by atoms with Crippen molar-refractivity contribution in [1.82, 2.24) is 10.6 Å². The molecule has 0 unspecified atom stereocenters. The van der Waals surface area contributed by atoms with Crippen LogP contribution in [-0.4, -0.2) is 16.7 Å². The summed E-state index contributed by atoms with van der Waals surface area (Å²) in [5.41, 5.74) is 0.690. The third kappa shape index (κ3) is 5.30. The van der Waals surface area contributed by atoms with E-state index in [1.807, 2.05) is 6.07 Å². The van der Waals surface area contributed by atoms with Crippen LogP contribution in [0.1, 0.15) is 30.5 Å². The van der Waals surface area contributed by atoms with E-state index >= 15 is 0 Å². The van der Waals surface area contributed by atoms with E-state index in [2.05, 4.69) is 10.6 Å². The highest BCUT2D eigenvalue weighted by Gasteiger charge is 2.17. The number of nitrogens with one attached hydrogen (secondary N) is 2. The number of carbonyl (C=O) groups excluding carboxylic acids is 2. The van der Waals surface area contributed by atoms with Crippen LogP contribution in [-0.2, 0) is 16.1 Å². The molecule has 0 aliphatic rings. The number of nitrogens with zero attached hydrogens (tertiary/aromatic N) is 1. The summed E-state index contributed by atoms with van der Waals surface area (Å²) < 4.78 is 0. The highest BCUT2D eigenvalue weighted by molar-refractivity contribution is 5.79. The average molecular weight is 356 g/mol. The first kappa shape index (κ1) is 18.9. The summed E-state index contributed by atoms with van der Waals surface area (Å²) in [7, 11) is 0. The van der Waals surface area contributed by atoms with E-state index in [0.29, 0.717) is 0 Å². The summed E-state index contributed by atoms with van der Waals surface area (Å²) in [6, 6.07) is 11.9. The molecule has 0 fully saturated rings. The number of nitro benzene ring substituents is 1. The van der Waals surface area contributed by atoms with Crippen LogP contribution in [0.3, 0.4) is 0 Å². The van der Waals surface area contributed by atoms with Crippen molar-refractivity contribution in [2.24, 2.45) is 0 Å². The normalized spacial score (nSPS) is 11.4. The Hall–Kier alpha value is -3.42. The van der Waals surface area contributed by atoms with E-state index in [4.69, 9.17) is 0 Å². The van der Waals surface area contributed by atoms with Gasteiger partial charge in [0.2, 0.25) is 11.8 Å². The molecule has 2 N–H and O–H groups in total. The van der Waals surface area contributed by atoms with Crippen molar-refractivity contribution in [3.05, 3.63) is 69.8 Å². The highest BCUT2D eigenvalue weighted by Crippen LogP contribution is 2.21. The van der Waals surface area contributed by atoms with Gasteiger partial charge in [0.15, 0.2) is 0 Å². The van der Waals surface area contributed by atoms with Gasteiger partial charge in [0.25, 0.3) is 5.69 Å². The standard InChI is InChI=1S/C18H19N3O5/c1-12(22)20-16(13-5-3-2-4-6-13)10-18(24)19-11-14-9-15(21(25)26)7-8-17(14)23/h2-9,16,23H,10-11H2,1H3,(H,19,24)(H,20,22)/p-1/t16-/m0/s1. The molecule has 2 rings (SSSR count). The first-order valence-electron chi connectivity index (χ1n) is 7.90. The summed E-state index contributed by atoms with van der Waals surface area (Å²) in [5, 5.41) is 27.8. The molecule has 2 aromatic rings.